The summed E-state index contributed by atoms with van der Waals surface area (Å²) in [4.78, 5) is 0. The van der Waals surface area contributed by atoms with Gasteiger partial charge in [-0.1, -0.05) is 32.6 Å². The number of hydrogen-bond acceptors (Lipinski definition) is 2. The second-order valence-corrected chi connectivity index (χ2v) is 7.55. The summed E-state index contributed by atoms with van der Waals surface area (Å²) < 4.78 is 12.6. The Morgan fingerprint density at radius 3 is 2.41 bits per heavy atom. The van der Waals surface area contributed by atoms with E-state index >= 15 is 0 Å². The quantitative estimate of drug-likeness (QED) is 0.820. The Bertz CT molecular complexity index is 251. The van der Waals surface area contributed by atoms with Gasteiger partial charge in [0.25, 0.3) is 0 Å². The van der Waals surface area contributed by atoms with Gasteiger partial charge in [0.15, 0.2) is 0 Å². The molecule has 3 unspecified atom stereocenters. The monoisotopic (exact) mass is 257 g/mol. The third kappa shape index (κ3) is 3.54. The summed E-state index contributed by atoms with van der Waals surface area (Å²) in [5.41, 5.74) is 0. The number of hydrogen-bond donors (Lipinski definition) is 1. The maximum absolute atomic E-state index is 12.6. The SMILES string of the molecule is CCCNC1CCCCC1S(=O)C1CCCC1. The van der Waals surface area contributed by atoms with E-state index in [9.17, 15) is 4.21 Å². The summed E-state index contributed by atoms with van der Waals surface area (Å²) >= 11 is 0. The summed E-state index contributed by atoms with van der Waals surface area (Å²) in [6.07, 6.45) is 11.2. The van der Waals surface area contributed by atoms with Gasteiger partial charge in [0.1, 0.15) is 0 Å². The minimum atomic E-state index is -0.578. The molecule has 17 heavy (non-hydrogen) atoms. The predicted octanol–water partition coefficient (Wildman–Crippen LogP) is 2.99. The molecule has 2 nitrogen and oxygen atoms in total. The van der Waals surface area contributed by atoms with Gasteiger partial charge in [-0.05, 0) is 38.6 Å². The van der Waals surface area contributed by atoms with E-state index < -0.39 is 10.8 Å². The fraction of sp³-hybridized carbons (Fsp3) is 1.00. The Morgan fingerprint density at radius 1 is 1.06 bits per heavy atom. The fourth-order valence-corrected chi connectivity index (χ4v) is 5.55. The topological polar surface area (TPSA) is 29.1 Å². The van der Waals surface area contributed by atoms with E-state index in [2.05, 4.69) is 12.2 Å². The van der Waals surface area contributed by atoms with Crippen LogP contribution in [0, 0.1) is 0 Å². The molecule has 0 spiro atoms. The molecule has 0 aromatic carbocycles. The molecule has 3 atom stereocenters. The van der Waals surface area contributed by atoms with E-state index in [1.807, 2.05) is 0 Å². The first-order chi connectivity index (χ1) is 8.33. The molecule has 2 aliphatic rings. The molecule has 100 valence electrons. The van der Waals surface area contributed by atoms with Crippen molar-refractivity contribution < 1.29 is 4.21 Å². The Kier molecular flexibility index (Phi) is 5.49. The molecule has 0 amide bonds. The molecule has 2 saturated carbocycles. The van der Waals surface area contributed by atoms with E-state index in [0.29, 0.717) is 16.5 Å². The first-order valence-corrected chi connectivity index (χ1v) is 8.73. The van der Waals surface area contributed by atoms with Crippen LogP contribution in [0.1, 0.15) is 64.7 Å². The fourth-order valence-electron chi connectivity index (χ4n) is 3.31. The third-order valence-electron chi connectivity index (χ3n) is 4.29. The number of rotatable bonds is 5. The highest BCUT2D eigenvalue weighted by atomic mass is 32.2. The minimum Gasteiger partial charge on any atom is -0.313 e. The van der Waals surface area contributed by atoms with Crippen LogP contribution in [-0.2, 0) is 10.8 Å². The summed E-state index contributed by atoms with van der Waals surface area (Å²) in [5, 5.41) is 4.59. The van der Waals surface area contributed by atoms with Crippen molar-refractivity contribution in [1.29, 1.82) is 0 Å². The largest absolute Gasteiger partial charge is 0.313 e. The lowest BCUT2D eigenvalue weighted by Crippen LogP contribution is -2.46. The van der Waals surface area contributed by atoms with E-state index in [-0.39, 0.29) is 0 Å². The zero-order valence-electron chi connectivity index (χ0n) is 11.1. The average molecular weight is 257 g/mol. The van der Waals surface area contributed by atoms with Crippen LogP contribution in [0.25, 0.3) is 0 Å². The molecule has 3 heteroatoms. The first kappa shape index (κ1) is 13.5. The Hall–Kier alpha value is 0.110. The van der Waals surface area contributed by atoms with Crippen molar-refractivity contribution in [3.05, 3.63) is 0 Å². The predicted molar refractivity (Wildman–Crippen MR) is 74.7 cm³/mol. The van der Waals surface area contributed by atoms with Crippen LogP contribution < -0.4 is 5.32 Å². The van der Waals surface area contributed by atoms with E-state index in [1.165, 1.54) is 57.8 Å². The van der Waals surface area contributed by atoms with Gasteiger partial charge in [-0.25, -0.2) is 0 Å². The molecule has 0 saturated heterocycles. The van der Waals surface area contributed by atoms with Gasteiger partial charge in [-0.3, -0.25) is 4.21 Å². The van der Waals surface area contributed by atoms with Crippen molar-refractivity contribution in [2.45, 2.75) is 81.3 Å². The molecule has 0 aromatic heterocycles. The van der Waals surface area contributed by atoms with Crippen LogP contribution in [0.3, 0.4) is 0 Å². The van der Waals surface area contributed by atoms with Crippen molar-refractivity contribution in [1.82, 2.24) is 5.32 Å². The molecule has 1 N–H and O–H groups in total. The van der Waals surface area contributed by atoms with Gasteiger partial charge in [-0.2, -0.15) is 0 Å². The standard InChI is InChI=1S/C14H27NOS/c1-2-11-15-13-9-5-6-10-14(13)17(16)12-7-3-4-8-12/h12-15H,2-11H2,1H3. The molecule has 0 radical (unpaired) electrons. The molecule has 0 aliphatic heterocycles. The van der Waals surface area contributed by atoms with Crippen molar-refractivity contribution >= 4 is 10.8 Å². The Balaban J connectivity index is 1.92. The summed E-state index contributed by atoms with van der Waals surface area (Å²) in [5.74, 6) is 0. The van der Waals surface area contributed by atoms with Crippen LogP contribution in [-0.4, -0.2) is 27.3 Å². The lowest BCUT2D eigenvalue weighted by atomic mass is 9.95. The second kappa shape index (κ2) is 6.89. The normalized spacial score (nSPS) is 32.8. The van der Waals surface area contributed by atoms with Gasteiger partial charge in [-0.15, -0.1) is 0 Å². The van der Waals surface area contributed by atoms with E-state index in [1.54, 1.807) is 0 Å². The molecule has 0 aromatic rings. The highest BCUT2D eigenvalue weighted by Gasteiger charge is 2.34. The van der Waals surface area contributed by atoms with Crippen molar-refractivity contribution in [3.63, 3.8) is 0 Å². The maximum Gasteiger partial charge on any atom is 0.0504 e. The third-order valence-corrected chi connectivity index (χ3v) is 6.58. The lowest BCUT2D eigenvalue weighted by molar-refractivity contribution is 0.378. The van der Waals surface area contributed by atoms with Crippen molar-refractivity contribution in [2.24, 2.45) is 0 Å². The molecule has 2 fully saturated rings. The molecule has 0 bridgehead atoms. The van der Waals surface area contributed by atoms with Crippen LogP contribution in [0.4, 0.5) is 0 Å². The van der Waals surface area contributed by atoms with Gasteiger partial charge in [0, 0.05) is 22.1 Å². The van der Waals surface area contributed by atoms with E-state index in [4.69, 9.17) is 0 Å². The van der Waals surface area contributed by atoms with Crippen LogP contribution in [0.2, 0.25) is 0 Å². The molecule has 2 aliphatic carbocycles. The van der Waals surface area contributed by atoms with Crippen molar-refractivity contribution in [3.8, 4) is 0 Å². The average Bonchev–Trinajstić information content (AvgIpc) is 2.89. The van der Waals surface area contributed by atoms with Crippen LogP contribution in [0.5, 0.6) is 0 Å². The highest BCUT2D eigenvalue weighted by Crippen LogP contribution is 2.30. The van der Waals surface area contributed by atoms with E-state index in [0.717, 1.165) is 6.54 Å². The molecule has 2 rings (SSSR count). The van der Waals surface area contributed by atoms with Crippen LogP contribution in [0.15, 0.2) is 0 Å². The zero-order valence-corrected chi connectivity index (χ0v) is 11.9. The van der Waals surface area contributed by atoms with Crippen LogP contribution >= 0.6 is 0 Å². The molecular formula is C14H27NOS. The van der Waals surface area contributed by atoms with Gasteiger partial charge in [0.05, 0.1) is 5.25 Å². The molecule has 0 heterocycles. The molecular weight excluding hydrogens is 230 g/mol. The second-order valence-electron chi connectivity index (χ2n) is 5.62. The van der Waals surface area contributed by atoms with Crippen molar-refractivity contribution in [2.75, 3.05) is 6.54 Å². The Morgan fingerprint density at radius 2 is 1.71 bits per heavy atom. The van der Waals surface area contributed by atoms with Gasteiger partial charge >= 0.3 is 0 Å². The smallest absolute Gasteiger partial charge is 0.0504 e. The summed E-state index contributed by atoms with van der Waals surface area (Å²) in [7, 11) is -0.578. The summed E-state index contributed by atoms with van der Waals surface area (Å²) in [6.45, 7) is 3.29. The Labute approximate surface area is 108 Å². The summed E-state index contributed by atoms with van der Waals surface area (Å²) in [6, 6.07) is 0.533. The van der Waals surface area contributed by atoms with Gasteiger partial charge in [0.2, 0.25) is 0 Å². The zero-order chi connectivity index (χ0) is 12.1. The lowest BCUT2D eigenvalue weighted by Gasteiger charge is -2.33. The van der Waals surface area contributed by atoms with Gasteiger partial charge < -0.3 is 5.32 Å². The minimum absolute atomic E-state index is 0.443. The maximum atomic E-state index is 12.6. The highest BCUT2D eigenvalue weighted by molar-refractivity contribution is 7.86. The first-order valence-electron chi connectivity index (χ1n) is 7.45. The number of nitrogens with one attached hydrogen (secondary N) is 1.